The Balaban J connectivity index is 0.000000324. The lowest BCUT2D eigenvalue weighted by molar-refractivity contribution is 0.0548. The molecule has 170 valence electrons. The van der Waals surface area contributed by atoms with Gasteiger partial charge in [-0.3, -0.25) is 4.40 Å². The van der Waals surface area contributed by atoms with Crippen LogP contribution < -0.4 is 4.74 Å². The molecule has 2 aromatic heterocycles. The van der Waals surface area contributed by atoms with Crippen molar-refractivity contribution in [3.05, 3.63) is 66.5 Å². The molecule has 0 N–H and O–H groups in total. The zero-order valence-electron chi connectivity index (χ0n) is 19.3. The number of aromatic nitrogens is 3. The number of hydrogen-bond donors (Lipinski definition) is 0. The lowest BCUT2D eigenvalue weighted by Crippen LogP contribution is -2.34. The van der Waals surface area contributed by atoms with Crippen LogP contribution in [-0.2, 0) is 11.2 Å². The van der Waals surface area contributed by atoms with Crippen molar-refractivity contribution in [1.29, 1.82) is 0 Å². The molecular formula is C27H29N3O2S. The molecule has 2 aromatic carbocycles. The van der Waals surface area contributed by atoms with Crippen LogP contribution in [0.3, 0.4) is 0 Å². The minimum atomic E-state index is -1.12. The second-order valence-corrected chi connectivity index (χ2v) is 10.2. The molecule has 0 saturated heterocycles. The molecule has 33 heavy (non-hydrogen) atoms. The van der Waals surface area contributed by atoms with Gasteiger partial charge in [0.25, 0.3) is 0 Å². The zero-order valence-corrected chi connectivity index (χ0v) is 20.1. The summed E-state index contributed by atoms with van der Waals surface area (Å²) in [4.78, 5) is 10.1. The van der Waals surface area contributed by atoms with E-state index in [2.05, 4.69) is 4.98 Å². The Morgan fingerprint density at radius 2 is 1.61 bits per heavy atom. The minimum absolute atomic E-state index is 0.618. The summed E-state index contributed by atoms with van der Waals surface area (Å²) < 4.78 is 19.6. The molecule has 4 aromatic rings. The Bertz CT molecular complexity index is 1250. The second-order valence-electron chi connectivity index (χ2n) is 8.90. The molecule has 1 atom stereocenters. The number of imidazole rings is 1. The molecule has 2 heterocycles. The van der Waals surface area contributed by atoms with Crippen molar-refractivity contribution >= 4 is 17.0 Å². The average molecular weight is 460 g/mol. The predicted molar refractivity (Wildman–Crippen MR) is 133 cm³/mol. The molecule has 2 fully saturated rings. The number of rotatable bonds is 4. The third-order valence-corrected chi connectivity index (χ3v) is 7.91. The van der Waals surface area contributed by atoms with Gasteiger partial charge in [-0.05, 0) is 98.1 Å². The van der Waals surface area contributed by atoms with Gasteiger partial charge in [-0.1, -0.05) is 12.1 Å². The highest BCUT2D eigenvalue weighted by Crippen LogP contribution is 2.49. The highest BCUT2D eigenvalue weighted by molar-refractivity contribution is 7.90. The van der Waals surface area contributed by atoms with Crippen molar-refractivity contribution in [1.82, 2.24) is 14.4 Å². The van der Waals surface area contributed by atoms with E-state index in [0.29, 0.717) is 5.78 Å². The Kier molecular flexibility index (Phi) is 6.13. The van der Waals surface area contributed by atoms with E-state index >= 15 is 0 Å². The summed E-state index contributed by atoms with van der Waals surface area (Å²) in [5.41, 5.74) is 4.42. The van der Waals surface area contributed by atoms with Crippen molar-refractivity contribution in [3.8, 4) is 28.3 Å². The topological polar surface area (TPSA) is 62.5 Å². The van der Waals surface area contributed by atoms with Crippen LogP contribution in [0.25, 0.3) is 28.3 Å². The van der Waals surface area contributed by atoms with Crippen molar-refractivity contribution in [3.63, 3.8) is 0 Å². The average Bonchev–Trinajstić information content (AvgIpc) is 3.20. The second kappa shape index (κ2) is 9.20. The molecule has 2 aliphatic carbocycles. The third kappa shape index (κ3) is 4.25. The zero-order chi connectivity index (χ0) is 22.9. The van der Waals surface area contributed by atoms with Crippen LogP contribution in [0.4, 0.5) is 0 Å². The van der Waals surface area contributed by atoms with Gasteiger partial charge in [0.1, 0.15) is 12.0 Å². The fourth-order valence-corrected chi connectivity index (χ4v) is 5.45. The van der Waals surface area contributed by atoms with E-state index in [0.717, 1.165) is 38.9 Å². The molecule has 2 saturated carbocycles. The summed E-state index contributed by atoms with van der Waals surface area (Å²) in [6, 6.07) is 17.4. The van der Waals surface area contributed by atoms with E-state index in [1.54, 1.807) is 39.0 Å². The summed E-state index contributed by atoms with van der Waals surface area (Å²) in [7, 11) is 1.64. The smallest absolute Gasteiger partial charge is 0.235 e. The lowest BCUT2D eigenvalue weighted by atomic mass is 9.60. The molecule has 0 aliphatic heterocycles. The number of fused-ring (bicyclic) bond motifs is 2. The van der Waals surface area contributed by atoms with Gasteiger partial charge >= 0.3 is 0 Å². The van der Waals surface area contributed by atoms with Crippen LogP contribution in [0, 0.1) is 18.8 Å². The number of ether oxygens (including phenoxy) is 1. The van der Waals surface area contributed by atoms with Crippen molar-refractivity contribution in [2.24, 2.45) is 11.8 Å². The monoisotopic (exact) mass is 459 g/mol. The van der Waals surface area contributed by atoms with Gasteiger partial charge in [0, 0.05) is 17.5 Å². The fraction of sp³-hybridized carbons (Fsp3) is 0.333. The molecule has 1 unspecified atom stereocenters. The van der Waals surface area contributed by atoms with Gasteiger partial charge in [-0.2, -0.15) is 0 Å². The molecular weight excluding hydrogens is 430 g/mol. The van der Waals surface area contributed by atoms with Gasteiger partial charge in [0.2, 0.25) is 5.78 Å². The lowest BCUT2D eigenvalue weighted by Gasteiger charge is -2.46. The first-order chi connectivity index (χ1) is 16.0. The summed E-state index contributed by atoms with van der Waals surface area (Å²) in [5.74, 6) is 3.83. The van der Waals surface area contributed by atoms with Gasteiger partial charge in [-0.15, -0.1) is 0 Å². The van der Waals surface area contributed by atoms with E-state index in [4.69, 9.17) is 9.72 Å². The first-order valence-electron chi connectivity index (χ1n) is 11.5. The van der Waals surface area contributed by atoms with Crippen LogP contribution in [-0.4, -0.2) is 32.3 Å². The molecule has 6 heteroatoms. The van der Waals surface area contributed by atoms with Crippen LogP contribution in [0.1, 0.15) is 31.4 Å². The Morgan fingerprint density at radius 3 is 2.18 bits per heavy atom. The van der Waals surface area contributed by atoms with E-state index in [9.17, 15) is 4.55 Å². The van der Waals surface area contributed by atoms with Gasteiger partial charge < -0.3 is 9.29 Å². The van der Waals surface area contributed by atoms with Crippen molar-refractivity contribution in [2.45, 2.75) is 37.5 Å². The molecule has 0 spiro atoms. The molecule has 5 nitrogen and oxygen atoms in total. The largest absolute Gasteiger partial charge is 0.612 e. The normalized spacial score (nSPS) is 19.5. The summed E-state index contributed by atoms with van der Waals surface area (Å²) >= 11 is -1.12. The van der Waals surface area contributed by atoms with Gasteiger partial charge in [0.15, 0.2) is 4.90 Å². The van der Waals surface area contributed by atoms with E-state index in [1.165, 1.54) is 11.8 Å². The van der Waals surface area contributed by atoms with E-state index in [1.807, 2.05) is 72.1 Å². The number of hydrogen-bond acceptors (Lipinski definition) is 4. The van der Waals surface area contributed by atoms with E-state index in [-0.39, 0.29) is 0 Å². The van der Waals surface area contributed by atoms with Gasteiger partial charge in [0.05, 0.1) is 24.1 Å². The Labute approximate surface area is 198 Å². The van der Waals surface area contributed by atoms with Crippen LogP contribution in [0.15, 0.2) is 65.7 Å². The van der Waals surface area contributed by atoms with Crippen molar-refractivity contribution in [2.75, 3.05) is 13.4 Å². The molecule has 0 radical (unpaired) electrons. The number of benzene rings is 2. The standard InChI is InChI=1S/C21H19N3O2S.C6H10/c1-14-12-13-24-20(17-6-4-5-7-18(17)27(3)25)19(23-21(24)22-14)15-8-10-16(26-2)11-9-15;1-2-6-4-3-5(1)6/h4-13H,1-3H3;5-6H,1-4H2. The first kappa shape index (κ1) is 22.0. The number of methoxy groups -OCH3 is 1. The quantitative estimate of drug-likeness (QED) is 0.355. The number of nitrogens with zero attached hydrogens (tertiary/aromatic N) is 3. The Hall–Kier alpha value is -2.83. The SMILES string of the molecule is C1CC2CCC12.COc1ccc(-c2nc3nc(C)ccn3c2-c2ccccc2[S+](C)[O-])cc1. The number of aryl methyl sites for hydroxylation is 1. The highest BCUT2D eigenvalue weighted by Gasteiger charge is 2.37. The van der Waals surface area contributed by atoms with E-state index < -0.39 is 11.2 Å². The highest BCUT2D eigenvalue weighted by atomic mass is 32.2. The third-order valence-electron chi connectivity index (χ3n) is 6.93. The maximum absolute atomic E-state index is 12.3. The first-order valence-corrected chi connectivity index (χ1v) is 13.0. The maximum Gasteiger partial charge on any atom is 0.235 e. The molecule has 0 bridgehead atoms. The van der Waals surface area contributed by atoms with Crippen molar-refractivity contribution < 1.29 is 9.29 Å². The Morgan fingerprint density at radius 1 is 0.939 bits per heavy atom. The molecule has 0 amide bonds. The maximum atomic E-state index is 12.3. The van der Waals surface area contributed by atoms with Crippen LogP contribution in [0.5, 0.6) is 5.75 Å². The summed E-state index contributed by atoms with van der Waals surface area (Å²) in [6.07, 6.45) is 9.89. The molecule has 2 aliphatic rings. The summed E-state index contributed by atoms with van der Waals surface area (Å²) in [6.45, 7) is 1.94. The minimum Gasteiger partial charge on any atom is -0.612 e. The van der Waals surface area contributed by atoms with Crippen LogP contribution in [0.2, 0.25) is 0 Å². The predicted octanol–water partition coefficient (Wildman–Crippen LogP) is 5.92. The molecule has 6 rings (SSSR count). The summed E-state index contributed by atoms with van der Waals surface area (Å²) in [5, 5.41) is 0. The fourth-order valence-electron chi connectivity index (χ4n) is 4.70. The van der Waals surface area contributed by atoms with Gasteiger partial charge in [-0.25, -0.2) is 9.97 Å². The van der Waals surface area contributed by atoms with Crippen LogP contribution >= 0.6 is 0 Å².